The van der Waals surface area contributed by atoms with Gasteiger partial charge < -0.3 is 5.11 Å². The van der Waals surface area contributed by atoms with Crippen LogP contribution in [0.4, 0.5) is 4.39 Å². The van der Waals surface area contributed by atoms with Crippen LogP contribution in [0.3, 0.4) is 0 Å². The number of aliphatic hydroxyl groups is 1. The lowest BCUT2D eigenvalue weighted by Gasteiger charge is -2.29. The Kier molecular flexibility index (Phi) is 5.77. The second-order valence-corrected chi connectivity index (χ2v) is 8.70. The summed E-state index contributed by atoms with van der Waals surface area (Å²) >= 11 is 0. The Hall–Kier alpha value is -3.02. The average molecular weight is 430 g/mol. The molecule has 32 heavy (non-hydrogen) atoms. The highest BCUT2D eigenvalue weighted by Crippen LogP contribution is 2.33. The van der Waals surface area contributed by atoms with Gasteiger partial charge in [-0.25, -0.2) is 9.07 Å². The van der Waals surface area contributed by atoms with Gasteiger partial charge in [0.2, 0.25) is 0 Å². The maximum Gasteiger partial charge on any atom is 0.143 e. The van der Waals surface area contributed by atoms with Gasteiger partial charge in [0.15, 0.2) is 0 Å². The molecule has 1 aliphatic heterocycles. The molecule has 1 aromatic heterocycles. The minimum atomic E-state index is -1.69. The summed E-state index contributed by atoms with van der Waals surface area (Å²) in [7, 11) is 0. The molecule has 0 spiro atoms. The number of piperidine rings is 1. The van der Waals surface area contributed by atoms with Gasteiger partial charge in [0.05, 0.1) is 17.4 Å². The quantitative estimate of drug-likeness (QED) is 0.457. The fourth-order valence-corrected chi connectivity index (χ4v) is 4.69. The number of likely N-dealkylation sites (tertiary alicyclic amines) is 1. The molecular weight excluding hydrogens is 401 g/mol. The van der Waals surface area contributed by atoms with E-state index in [9.17, 15) is 9.50 Å². The van der Waals surface area contributed by atoms with E-state index in [0.717, 1.165) is 41.8 Å². The molecule has 164 valence electrons. The topological polar surface area (TPSA) is 41.3 Å². The van der Waals surface area contributed by atoms with Gasteiger partial charge in [0.1, 0.15) is 12.3 Å². The lowest BCUT2D eigenvalue weighted by Crippen LogP contribution is -2.31. The maximum absolute atomic E-state index is 14.4. The van der Waals surface area contributed by atoms with Crippen molar-refractivity contribution in [2.45, 2.75) is 31.4 Å². The van der Waals surface area contributed by atoms with Crippen molar-refractivity contribution in [2.24, 2.45) is 0 Å². The minimum absolute atomic E-state index is 0.537. The van der Waals surface area contributed by atoms with Crippen molar-refractivity contribution >= 4 is 10.9 Å². The normalized spacial score (nSPS) is 16.8. The highest BCUT2D eigenvalue weighted by atomic mass is 19.1. The molecule has 5 heteroatoms. The van der Waals surface area contributed by atoms with Gasteiger partial charge in [0.25, 0.3) is 0 Å². The highest BCUT2D eigenvalue weighted by Gasteiger charge is 2.32. The van der Waals surface area contributed by atoms with E-state index in [1.54, 1.807) is 12.3 Å². The predicted octanol–water partition coefficient (Wildman–Crippen LogP) is 5.22. The van der Waals surface area contributed by atoms with Gasteiger partial charge in [0, 0.05) is 11.9 Å². The summed E-state index contributed by atoms with van der Waals surface area (Å²) in [6.07, 6.45) is 5.51. The summed E-state index contributed by atoms with van der Waals surface area (Å²) in [5.41, 5.74) is 2.41. The number of rotatable bonds is 6. The Morgan fingerprint density at radius 2 is 1.66 bits per heavy atom. The van der Waals surface area contributed by atoms with E-state index in [-0.39, 0.29) is 0 Å². The van der Waals surface area contributed by atoms with Crippen LogP contribution in [0.15, 0.2) is 79.0 Å². The van der Waals surface area contributed by atoms with Gasteiger partial charge in [-0.15, -0.1) is 0 Å². The Morgan fingerprint density at radius 1 is 0.875 bits per heavy atom. The van der Waals surface area contributed by atoms with Gasteiger partial charge in [-0.05, 0) is 66.9 Å². The van der Waals surface area contributed by atoms with Crippen LogP contribution in [-0.2, 0) is 12.1 Å². The fourth-order valence-electron chi connectivity index (χ4n) is 4.69. The molecular formula is C27H28FN3O. The van der Waals surface area contributed by atoms with Crippen LogP contribution in [0, 0.1) is 0 Å². The second-order valence-electron chi connectivity index (χ2n) is 8.70. The molecule has 2 heterocycles. The van der Waals surface area contributed by atoms with E-state index >= 15 is 0 Å². The second kappa shape index (κ2) is 8.85. The van der Waals surface area contributed by atoms with Crippen LogP contribution >= 0.6 is 0 Å². The first-order chi connectivity index (χ1) is 15.7. The van der Waals surface area contributed by atoms with Crippen LogP contribution in [0.2, 0.25) is 0 Å². The molecule has 1 aliphatic rings. The van der Waals surface area contributed by atoms with Crippen LogP contribution in [0.25, 0.3) is 16.6 Å². The zero-order valence-corrected chi connectivity index (χ0v) is 18.1. The number of alkyl halides is 1. The third-order valence-electron chi connectivity index (χ3n) is 6.50. The van der Waals surface area contributed by atoms with Gasteiger partial charge in [-0.2, -0.15) is 5.10 Å². The first-order valence-electron chi connectivity index (χ1n) is 11.3. The SMILES string of the molecule is OC(CF)(c1cccc(CN2CCCCC2)c1)c1ccc2c(cnn2-c2ccccc2)c1. The van der Waals surface area contributed by atoms with E-state index in [4.69, 9.17) is 0 Å². The van der Waals surface area contributed by atoms with Crippen molar-refractivity contribution in [1.82, 2.24) is 14.7 Å². The number of benzene rings is 3. The number of nitrogens with zero attached hydrogens (tertiary/aromatic N) is 3. The number of hydrogen-bond donors (Lipinski definition) is 1. The summed E-state index contributed by atoms with van der Waals surface area (Å²) in [5.74, 6) is 0. The highest BCUT2D eigenvalue weighted by molar-refractivity contribution is 5.81. The van der Waals surface area contributed by atoms with E-state index in [2.05, 4.69) is 16.1 Å². The van der Waals surface area contributed by atoms with Gasteiger partial charge >= 0.3 is 0 Å². The summed E-state index contributed by atoms with van der Waals surface area (Å²) < 4.78 is 16.2. The van der Waals surface area contributed by atoms with Crippen molar-refractivity contribution < 1.29 is 9.50 Å². The van der Waals surface area contributed by atoms with Crippen molar-refractivity contribution in [1.29, 1.82) is 0 Å². The Labute approximate surface area is 187 Å². The van der Waals surface area contributed by atoms with Crippen molar-refractivity contribution in [3.05, 3.63) is 95.7 Å². The van der Waals surface area contributed by atoms with E-state index in [0.29, 0.717) is 11.1 Å². The third kappa shape index (κ3) is 3.94. The van der Waals surface area contributed by atoms with E-state index in [1.807, 2.05) is 65.3 Å². The van der Waals surface area contributed by atoms with Crippen molar-refractivity contribution in [3.63, 3.8) is 0 Å². The summed E-state index contributed by atoms with van der Waals surface area (Å²) in [6, 6.07) is 23.2. The van der Waals surface area contributed by atoms with E-state index < -0.39 is 12.3 Å². The molecule has 3 aromatic carbocycles. The standard InChI is InChI=1S/C27H28FN3O/c28-20-27(32,23-9-7-8-21(16-23)19-30-14-5-2-6-15-30)24-12-13-26-22(17-24)18-29-31(26)25-10-3-1-4-11-25/h1,3-4,7-13,16-18,32H,2,5-6,14-15,19-20H2. The van der Waals surface area contributed by atoms with Crippen LogP contribution in [0.1, 0.15) is 36.0 Å². The number of para-hydroxylation sites is 1. The van der Waals surface area contributed by atoms with Crippen LogP contribution in [0.5, 0.6) is 0 Å². The zero-order valence-electron chi connectivity index (χ0n) is 18.1. The first kappa shape index (κ1) is 20.9. The number of aromatic nitrogens is 2. The molecule has 1 fully saturated rings. The zero-order chi connectivity index (χ0) is 22.0. The largest absolute Gasteiger partial charge is 0.378 e. The molecule has 0 bridgehead atoms. The lowest BCUT2D eigenvalue weighted by atomic mass is 9.86. The smallest absolute Gasteiger partial charge is 0.143 e. The predicted molar refractivity (Wildman–Crippen MR) is 126 cm³/mol. The molecule has 0 aliphatic carbocycles. The van der Waals surface area contributed by atoms with Crippen LogP contribution in [-0.4, -0.2) is 39.6 Å². The molecule has 1 saturated heterocycles. The minimum Gasteiger partial charge on any atom is -0.378 e. The summed E-state index contributed by atoms with van der Waals surface area (Å²) in [4.78, 5) is 2.43. The number of fused-ring (bicyclic) bond motifs is 1. The Morgan fingerprint density at radius 3 is 2.44 bits per heavy atom. The van der Waals surface area contributed by atoms with Crippen LogP contribution < -0.4 is 0 Å². The summed E-state index contributed by atoms with van der Waals surface area (Å²) in [6.45, 7) is 2.14. The molecule has 1 atom stereocenters. The van der Waals surface area contributed by atoms with Crippen molar-refractivity contribution in [3.8, 4) is 5.69 Å². The number of hydrogen-bond acceptors (Lipinski definition) is 3. The maximum atomic E-state index is 14.4. The molecule has 1 unspecified atom stereocenters. The fraction of sp³-hybridized carbons (Fsp3) is 0.296. The molecule has 0 radical (unpaired) electrons. The summed E-state index contributed by atoms with van der Waals surface area (Å²) in [5, 5.41) is 16.8. The third-order valence-corrected chi connectivity index (χ3v) is 6.50. The molecule has 4 nitrogen and oxygen atoms in total. The molecule has 1 N–H and O–H groups in total. The molecule has 0 amide bonds. The van der Waals surface area contributed by atoms with Crippen molar-refractivity contribution in [2.75, 3.05) is 19.8 Å². The molecule has 4 aromatic rings. The monoisotopic (exact) mass is 429 g/mol. The van der Waals surface area contributed by atoms with Gasteiger partial charge in [-0.1, -0.05) is 55.0 Å². The number of halogens is 1. The first-order valence-corrected chi connectivity index (χ1v) is 11.3. The lowest BCUT2D eigenvalue weighted by molar-refractivity contribution is 0.0518. The Balaban J connectivity index is 1.47. The molecule has 0 saturated carbocycles. The average Bonchev–Trinajstić information content (AvgIpc) is 3.28. The van der Waals surface area contributed by atoms with E-state index in [1.165, 1.54) is 19.3 Å². The van der Waals surface area contributed by atoms with Gasteiger partial charge in [-0.3, -0.25) is 4.90 Å². The Bertz CT molecular complexity index is 1200. The molecule has 5 rings (SSSR count).